The van der Waals surface area contributed by atoms with Crippen molar-refractivity contribution in [3.05, 3.63) is 88.0 Å². The number of carbonyl (C=O) groups is 1. The smallest absolute Gasteiger partial charge is 0.336 e. The molecule has 1 heterocycles. The molecular weight excluding hydrogens is 428 g/mol. The Morgan fingerprint density at radius 1 is 1.12 bits per heavy atom. The van der Waals surface area contributed by atoms with E-state index in [2.05, 4.69) is 9.97 Å². The van der Waals surface area contributed by atoms with Gasteiger partial charge in [-0.2, -0.15) is 0 Å². The van der Waals surface area contributed by atoms with Crippen molar-refractivity contribution in [3.63, 3.8) is 0 Å². The highest BCUT2D eigenvalue weighted by Gasteiger charge is 2.14. The number of benzene rings is 2. The number of carboxylic acids is 1. The van der Waals surface area contributed by atoms with Gasteiger partial charge in [-0.15, -0.1) is 0 Å². The minimum Gasteiger partial charge on any atom is -0.497 e. The summed E-state index contributed by atoms with van der Waals surface area (Å²) in [5.74, 6) is -0.357. The Hall–Kier alpha value is -3.35. The summed E-state index contributed by atoms with van der Waals surface area (Å²) >= 11 is 5.57. The Balaban J connectivity index is 0.000000258. The average molecular weight is 455 g/mol. The summed E-state index contributed by atoms with van der Waals surface area (Å²) in [5, 5.41) is 18.6. The van der Waals surface area contributed by atoms with Gasteiger partial charge >= 0.3 is 5.97 Å². The molecule has 0 fully saturated rings. The third-order valence-corrected chi connectivity index (χ3v) is 4.78. The molecule has 0 saturated heterocycles. The number of carboxylic acid groups (broad SMARTS) is 1. The summed E-state index contributed by atoms with van der Waals surface area (Å²) in [6.45, 7) is 5.29. The van der Waals surface area contributed by atoms with Crippen molar-refractivity contribution < 1.29 is 19.7 Å². The fourth-order valence-corrected chi connectivity index (χ4v) is 2.91. The predicted molar refractivity (Wildman–Crippen MR) is 129 cm³/mol. The molecule has 0 bridgehead atoms. The van der Waals surface area contributed by atoms with Crippen LogP contribution in [0.3, 0.4) is 0 Å². The van der Waals surface area contributed by atoms with E-state index in [1.807, 2.05) is 36.4 Å². The molecule has 168 valence electrons. The second kappa shape index (κ2) is 11.3. The quantitative estimate of drug-likeness (QED) is 0.442. The number of nitrogens with one attached hydrogen (secondary N) is 1. The first-order valence-corrected chi connectivity index (χ1v) is 10.3. The molecular formula is C25H27ClN2O4. The van der Waals surface area contributed by atoms with Crippen molar-refractivity contribution >= 4 is 35.8 Å². The summed E-state index contributed by atoms with van der Waals surface area (Å²) in [6, 6.07) is 12.7. The highest BCUT2D eigenvalue weighted by molar-refractivity contribution is 6.27. The number of hydrogen-bond donors (Lipinski definition) is 3. The zero-order chi connectivity index (χ0) is 23.7. The standard InChI is InChI=1S/C16H17ClN2O.C9H10O3/c1-16(2,20)13-6-3-12(4-7-13)5-8-14-15(9-10-17)19-11-18-14;1-6-3-4-7(12-2)5-8(6)9(10)11/h3-11,20H,1-2H3,(H,18,19);3-5H,1-2H3,(H,10,11)/b8-5+,10-9+;. The molecule has 0 atom stereocenters. The number of aromatic nitrogens is 2. The lowest BCUT2D eigenvalue weighted by Gasteiger charge is -2.17. The topological polar surface area (TPSA) is 95.4 Å². The zero-order valence-electron chi connectivity index (χ0n) is 18.5. The third-order valence-electron chi connectivity index (χ3n) is 4.66. The van der Waals surface area contributed by atoms with Gasteiger partial charge in [0.2, 0.25) is 0 Å². The van der Waals surface area contributed by atoms with E-state index in [-0.39, 0.29) is 5.56 Å². The number of nitrogens with zero attached hydrogens (tertiary/aromatic N) is 1. The number of aliphatic hydroxyl groups is 1. The van der Waals surface area contributed by atoms with Crippen molar-refractivity contribution in [1.82, 2.24) is 9.97 Å². The van der Waals surface area contributed by atoms with Crippen LogP contribution in [0.4, 0.5) is 0 Å². The minimum atomic E-state index is -0.925. The largest absolute Gasteiger partial charge is 0.497 e. The van der Waals surface area contributed by atoms with Gasteiger partial charge in [-0.3, -0.25) is 0 Å². The number of aromatic carboxylic acids is 1. The van der Waals surface area contributed by atoms with Crippen molar-refractivity contribution in [2.75, 3.05) is 7.11 Å². The Morgan fingerprint density at radius 3 is 2.38 bits per heavy atom. The van der Waals surface area contributed by atoms with E-state index in [0.29, 0.717) is 5.75 Å². The molecule has 0 aliphatic carbocycles. The van der Waals surface area contributed by atoms with E-state index in [1.165, 1.54) is 18.7 Å². The van der Waals surface area contributed by atoms with Gasteiger partial charge in [0.25, 0.3) is 0 Å². The van der Waals surface area contributed by atoms with Gasteiger partial charge in [-0.25, -0.2) is 9.78 Å². The number of methoxy groups -OCH3 is 1. The summed E-state index contributed by atoms with van der Waals surface area (Å²) in [5.41, 5.74) is 5.28. The van der Waals surface area contributed by atoms with Crippen LogP contribution in [0, 0.1) is 6.92 Å². The van der Waals surface area contributed by atoms with Crippen LogP contribution in [0.5, 0.6) is 5.75 Å². The molecule has 3 rings (SSSR count). The van der Waals surface area contributed by atoms with E-state index in [0.717, 1.165) is 28.1 Å². The molecule has 7 heteroatoms. The fraction of sp³-hybridized carbons (Fsp3) is 0.200. The Morgan fingerprint density at radius 2 is 1.81 bits per heavy atom. The molecule has 1 aromatic heterocycles. The Kier molecular flexibility index (Phi) is 8.81. The molecule has 0 spiro atoms. The van der Waals surface area contributed by atoms with Crippen LogP contribution < -0.4 is 4.74 Å². The summed E-state index contributed by atoms with van der Waals surface area (Å²) in [6.07, 6.45) is 7.27. The first kappa shape index (κ1) is 24.9. The highest BCUT2D eigenvalue weighted by Crippen LogP contribution is 2.20. The first-order valence-electron chi connectivity index (χ1n) is 9.84. The number of aromatic amines is 1. The second-order valence-corrected chi connectivity index (χ2v) is 7.75. The minimum absolute atomic E-state index is 0.286. The van der Waals surface area contributed by atoms with Gasteiger partial charge in [0.15, 0.2) is 0 Å². The van der Waals surface area contributed by atoms with Gasteiger partial charge in [0.05, 0.1) is 36.0 Å². The normalized spacial score (nSPS) is 11.4. The lowest BCUT2D eigenvalue weighted by Crippen LogP contribution is -2.14. The highest BCUT2D eigenvalue weighted by atomic mass is 35.5. The molecule has 2 aromatic carbocycles. The molecule has 0 aliphatic heterocycles. The Bertz CT molecular complexity index is 1090. The molecule has 0 unspecified atom stereocenters. The lowest BCUT2D eigenvalue weighted by molar-refractivity contribution is 0.0695. The van der Waals surface area contributed by atoms with Gasteiger partial charge in [0.1, 0.15) is 5.75 Å². The van der Waals surface area contributed by atoms with Crippen LogP contribution >= 0.6 is 11.6 Å². The van der Waals surface area contributed by atoms with Crippen molar-refractivity contribution in [3.8, 4) is 5.75 Å². The summed E-state index contributed by atoms with van der Waals surface area (Å²) < 4.78 is 4.90. The zero-order valence-corrected chi connectivity index (χ0v) is 19.2. The van der Waals surface area contributed by atoms with Gasteiger partial charge < -0.3 is 19.9 Å². The molecule has 32 heavy (non-hydrogen) atoms. The van der Waals surface area contributed by atoms with E-state index in [1.54, 1.807) is 45.3 Å². The molecule has 3 aromatic rings. The number of halogens is 1. The monoisotopic (exact) mass is 454 g/mol. The Labute approximate surface area is 192 Å². The van der Waals surface area contributed by atoms with E-state index in [9.17, 15) is 9.90 Å². The molecule has 0 aliphatic rings. The number of ether oxygens (including phenoxy) is 1. The second-order valence-electron chi connectivity index (χ2n) is 7.49. The predicted octanol–water partition coefficient (Wildman–Crippen LogP) is 5.72. The van der Waals surface area contributed by atoms with Gasteiger partial charge in [-0.05, 0) is 61.7 Å². The molecule has 0 radical (unpaired) electrons. The maximum Gasteiger partial charge on any atom is 0.336 e. The molecule has 6 nitrogen and oxygen atoms in total. The van der Waals surface area contributed by atoms with Crippen LogP contribution in [-0.2, 0) is 5.60 Å². The van der Waals surface area contributed by atoms with E-state index >= 15 is 0 Å². The van der Waals surface area contributed by atoms with Crippen molar-refractivity contribution in [2.45, 2.75) is 26.4 Å². The van der Waals surface area contributed by atoms with Crippen LogP contribution in [0.2, 0.25) is 0 Å². The molecule has 0 saturated carbocycles. The number of rotatable bonds is 6. The van der Waals surface area contributed by atoms with E-state index in [4.69, 9.17) is 21.4 Å². The van der Waals surface area contributed by atoms with Crippen LogP contribution in [0.15, 0.2) is 54.3 Å². The lowest BCUT2D eigenvalue weighted by atomic mass is 9.97. The van der Waals surface area contributed by atoms with Crippen molar-refractivity contribution in [1.29, 1.82) is 0 Å². The maximum atomic E-state index is 10.6. The number of aryl methyl sites for hydroxylation is 1. The fourth-order valence-electron chi connectivity index (χ4n) is 2.78. The molecule has 3 N–H and O–H groups in total. The number of hydrogen-bond acceptors (Lipinski definition) is 4. The summed E-state index contributed by atoms with van der Waals surface area (Å²) in [7, 11) is 1.51. The van der Waals surface area contributed by atoms with Gasteiger partial charge in [-0.1, -0.05) is 48.0 Å². The van der Waals surface area contributed by atoms with Crippen LogP contribution in [0.25, 0.3) is 18.2 Å². The van der Waals surface area contributed by atoms with E-state index < -0.39 is 11.6 Å². The number of H-pyrrole nitrogens is 1. The first-order chi connectivity index (χ1) is 15.2. The van der Waals surface area contributed by atoms with Crippen LogP contribution in [0.1, 0.15) is 52.3 Å². The maximum absolute atomic E-state index is 10.6. The third kappa shape index (κ3) is 7.11. The molecule has 0 amide bonds. The SMILES string of the molecule is CC(C)(O)c1ccc(/C=C/c2nc[nH]c2/C=C/Cl)cc1.COc1ccc(C)c(C(=O)O)c1. The van der Waals surface area contributed by atoms with Crippen molar-refractivity contribution in [2.24, 2.45) is 0 Å². The average Bonchev–Trinajstić information content (AvgIpc) is 3.20. The number of imidazole rings is 1. The summed E-state index contributed by atoms with van der Waals surface area (Å²) in [4.78, 5) is 17.9. The van der Waals surface area contributed by atoms with Crippen LogP contribution in [-0.4, -0.2) is 33.3 Å². The van der Waals surface area contributed by atoms with Gasteiger partial charge in [0, 0.05) is 5.54 Å².